The van der Waals surface area contributed by atoms with Crippen molar-refractivity contribution < 1.29 is 4.79 Å². The van der Waals surface area contributed by atoms with Gasteiger partial charge in [0, 0.05) is 31.3 Å². The van der Waals surface area contributed by atoms with Crippen LogP contribution in [-0.4, -0.2) is 33.9 Å². The Morgan fingerprint density at radius 1 is 1.43 bits per heavy atom. The Morgan fingerprint density at radius 3 is 2.81 bits per heavy atom. The highest BCUT2D eigenvalue weighted by Gasteiger charge is 2.31. The van der Waals surface area contributed by atoms with Crippen molar-refractivity contribution in [3.63, 3.8) is 0 Å². The third-order valence-electron chi connectivity index (χ3n) is 3.98. The van der Waals surface area contributed by atoms with E-state index in [1.165, 1.54) is 0 Å². The molecular formula is C16H26N4O. The van der Waals surface area contributed by atoms with Gasteiger partial charge in [-0.25, -0.2) is 9.97 Å². The van der Waals surface area contributed by atoms with Crippen LogP contribution in [0.4, 0.5) is 5.82 Å². The highest BCUT2D eigenvalue weighted by atomic mass is 16.2. The fourth-order valence-corrected chi connectivity index (χ4v) is 2.62. The Bertz CT molecular complexity index is 501. The lowest BCUT2D eigenvalue weighted by Gasteiger charge is -2.18. The van der Waals surface area contributed by atoms with Crippen LogP contribution in [0.2, 0.25) is 0 Å². The van der Waals surface area contributed by atoms with Gasteiger partial charge >= 0.3 is 0 Å². The van der Waals surface area contributed by atoms with Crippen molar-refractivity contribution in [1.82, 2.24) is 14.9 Å². The zero-order valence-corrected chi connectivity index (χ0v) is 13.5. The second-order valence-corrected chi connectivity index (χ2v) is 6.22. The van der Waals surface area contributed by atoms with Gasteiger partial charge in [-0.05, 0) is 25.2 Å². The molecule has 0 radical (unpaired) electrons. The summed E-state index contributed by atoms with van der Waals surface area (Å²) in [6.07, 6.45) is 1.71. The van der Waals surface area contributed by atoms with Crippen LogP contribution in [0.25, 0.3) is 0 Å². The van der Waals surface area contributed by atoms with Gasteiger partial charge in [0.05, 0.1) is 6.54 Å². The van der Waals surface area contributed by atoms with Crippen molar-refractivity contribution in [2.75, 3.05) is 18.4 Å². The van der Waals surface area contributed by atoms with Gasteiger partial charge in [0.1, 0.15) is 11.6 Å². The number of nitrogens with zero attached hydrogens (tertiary/aromatic N) is 3. The van der Waals surface area contributed by atoms with Crippen molar-refractivity contribution in [1.29, 1.82) is 0 Å². The smallest absolute Gasteiger partial charge is 0.223 e. The SMILES string of the molecule is CCCNc1cc(C)nc(CN2CC(C(C)C)CC2=O)n1. The number of aryl methyl sites for hydroxylation is 1. The van der Waals surface area contributed by atoms with Crippen molar-refractivity contribution in [2.45, 2.75) is 47.1 Å². The normalized spacial score (nSPS) is 18.6. The van der Waals surface area contributed by atoms with Crippen molar-refractivity contribution >= 4 is 11.7 Å². The first-order valence-corrected chi connectivity index (χ1v) is 7.85. The number of nitrogens with one attached hydrogen (secondary N) is 1. The van der Waals surface area contributed by atoms with E-state index in [2.05, 4.69) is 36.1 Å². The van der Waals surface area contributed by atoms with Crippen LogP contribution < -0.4 is 5.32 Å². The molecule has 0 aromatic carbocycles. The second kappa shape index (κ2) is 6.87. The monoisotopic (exact) mass is 290 g/mol. The molecule has 0 saturated carbocycles. The summed E-state index contributed by atoms with van der Waals surface area (Å²) in [5, 5.41) is 3.28. The number of anilines is 1. The molecule has 116 valence electrons. The minimum atomic E-state index is 0.224. The van der Waals surface area contributed by atoms with Crippen LogP contribution in [-0.2, 0) is 11.3 Å². The summed E-state index contributed by atoms with van der Waals surface area (Å²) in [6.45, 7) is 10.7. The molecule has 5 nitrogen and oxygen atoms in total. The number of carbonyl (C=O) groups excluding carboxylic acids is 1. The molecule has 1 aromatic heterocycles. The number of likely N-dealkylation sites (tertiary alicyclic amines) is 1. The molecule has 1 aliphatic heterocycles. The largest absolute Gasteiger partial charge is 0.370 e. The van der Waals surface area contributed by atoms with E-state index in [9.17, 15) is 4.79 Å². The summed E-state index contributed by atoms with van der Waals surface area (Å²) in [7, 11) is 0. The minimum absolute atomic E-state index is 0.224. The average Bonchev–Trinajstić information content (AvgIpc) is 2.77. The zero-order chi connectivity index (χ0) is 15.4. The molecule has 0 aliphatic carbocycles. The maximum atomic E-state index is 12.1. The highest BCUT2D eigenvalue weighted by Crippen LogP contribution is 2.25. The predicted octanol–water partition coefficient (Wildman–Crippen LogP) is 2.61. The van der Waals surface area contributed by atoms with Gasteiger partial charge in [0.25, 0.3) is 0 Å². The molecule has 1 aromatic rings. The van der Waals surface area contributed by atoms with Crippen LogP contribution in [0.5, 0.6) is 0 Å². The standard InChI is InChI=1S/C16H26N4O/c1-5-6-17-14-7-12(4)18-15(19-14)10-20-9-13(11(2)3)8-16(20)21/h7,11,13H,5-6,8-10H2,1-4H3,(H,17,18,19). The summed E-state index contributed by atoms with van der Waals surface area (Å²) in [5.41, 5.74) is 0.936. The highest BCUT2D eigenvalue weighted by molar-refractivity contribution is 5.78. The minimum Gasteiger partial charge on any atom is -0.370 e. The molecule has 0 bridgehead atoms. The number of amides is 1. The molecule has 2 rings (SSSR count). The molecule has 1 aliphatic rings. The molecule has 1 unspecified atom stereocenters. The third kappa shape index (κ3) is 4.16. The Morgan fingerprint density at radius 2 is 2.19 bits per heavy atom. The maximum Gasteiger partial charge on any atom is 0.223 e. The van der Waals surface area contributed by atoms with Gasteiger partial charge in [-0.3, -0.25) is 4.79 Å². The molecule has 1 atom stereocenters. The lowest BCUT2D eigenvalue weighted by molar-refractivity contribution is -0.128. The fourth-order valence-electron chi connectivity index (χ4n) is 2.62. The maximum absolute atomic E-state index is 12.1. The molecule has 21 heavy (non-hydrogen) atoms. The molecular weight excluding hydrogens is 264 g/mol. The van der Waals surface area contributed by atoms with E-state index in [4.69, 9.17) is 0 Å². The predicted molar refractivity (Wildman–Crippen MR) is 83.9 cm³/mol. The van der Waals surface area contributed by atoms with E-state index < -0.39 is 0 Å². The topological polar surface area (TPSA) is 58.1 Å². The molecule has 1 saturated heterocycles. The number of hydrogen-bond donors (Lipinski definition) is 1. The summed E-state index contributed by atoms with van der Waals surface area (Å²) < 4.78 is 0. The molecule has 1 N–H and O–H groups in total. The number of carbonyl (C=O) groups is 1. The van der Waals surface area contributed by atoms with Crippen LogP contribution in [0.15, 0.2) is 6.07 Å². The van der Waals surface area contributed by atoms with Crippen molar-refractivity contribution in [3.8, 4) is 0 Å². The lowest BCUT2D eigenvalue weighted by atomic mass is 9.95. The van der Waals surface area contributed by atoms with E-state index >= 15 is 0 Å². The zero-order valence-electron chi connectivity index (χ0n) is 13.5. The first-order chi connectivity index (χ1) is 9.99. The third-order valence-corrected chi connectivity index (χ3v) is 3.98. The van der Waals surface area contributed by atoms with Crippen LogP contribution in [0.1, 0.15) is 45.1 Å². The van der Waals surface area contributed by atoms with Crippen LogP contribution >= 0.6 is 0 Å². The Balaban J connectivity index is 2.05. The molecule has 2 heterocycles. The van der Waals surface area contributed by atoms with Gasteiger partial charge in [-0.2, -0.15) is 0 Å². The number of hydrogen-bond acceptors (Lipinski definition) is 4. The van der Waals surface area contributed by atoms with Crippen molar-refractivity contribution in [3.05, 3.63) is 17.6 Å². The Kier molecular flexibility index (Phi) is 5.15. The quantitative estimate of drug-likeness (QED) is 0.875. The van der Waals surface area contributed by atoms with E-state index in [0.29, 0.717) is 24.8 Å². The van der Waals surface area contributed by atoms with Gasteiger partial charge < -0.3 is 10.2 Å². The average molecular weight is 290 g/mol. The second-order valence-electron chi connectivity index (χ2n) is 6.22. The number of rotatable bonds is 6. The van der Waals surface area contributed by atoms with Gasteiger partial charge in [0.15, 0.2) is 0 Å². The van der Waals surface area contributed by atoms with E-state index in [1.54, 1.807) is 0 Å². The van der Waals surface area contributed by atoms with Crippen molar-refractivity contribution in [2.24, 2.45) is 11.8 Å². The summed E-state index contributed by atoms with van der Waals surface area (Å²) in [5.74, 6) is 2.80. The van der Waals surface area contributed by atoms with Gasteiger partial charge in [0.2, 0.25) is 5.91 Å². The van der Waals surface area contributed by atoms with Gasteiger partial charge in [-0.1, -0.05) is 20.8 Å². The summed E-state index contributed by atoms with van der Waals surface area (Å²) in [6, 6.07) is 1.95. The Labute approximate surface area is 127 Å². The summed E-state index contributed by atoms with van der Waals surface area (Å²) in [4.78, 5) is 23.0. The lowest BCUT2D eigenvalue weighted by Crippen LogP contribution is -2.26. The fraction of sp³-hybridized carbons (Fsp3) is 0.688. The van der Waals surface area contributed by atoms with E-state index in [1.807, 2.05) is 17.9 Å². The molecule has 1 amide bonds. The van der Waals surface area contributed by atoms with E-state index in [0.717, 1.165) is 36.8 Å². The molecule has 0 spiro atoms. The van der Waals surface area contributed by atoms with Gasteiger partial charge in [-0.15, -0.1) is 0 Å². The first kappa shape index (κ1) is 15.7. The number of aromatic nitrogens is 2. The first-order valence-electron chi connectivity index (χ1n) is 7.85. The van der Waals surface area contributed by atoms with E-state index in [-0.39, 0.29) is 5.91 Å². The molecule has 1 fully saturated rings. The van der Waals surface area contributed by atoms with Crippen LogP contribution in [0, 0.1) is 18.8 Å². The summed E-state index contributed by atoms with van der Waals surface area (Å²) >= 11 is 0. The Hall–Kier alpha value is -1.65. The van der Waals surface area contributed by atoms with Crippen LogP contribution in [0.3, 0.4) is 0 Å². The molecule has 5 heteroatoms.